The number of hydrogen-bond donors (Lipinski definition) is 0. The molecule has 41 heavy (non-hydrogen) atoms. The summed E-state index contributed by atoms with van der Waals surface area (Å²) in [5, 5.41) is 0. The quantitative estimate of drug-likeness (QED) is 0.236. The molecule has 0 spiro atoms. The molecule has 0 aromatic heterocycles. The van der Waals surface area contributed by atoms with Crippen molar-refractivity contribution in [2.24, 2.45) is 0 Å². The average Bonchev–Trinajstić information content (AvgIpc) is 2.98. The molecule has 4 nitrogen and oxygen atoms in total. The maximum absolute atomic E-state index is 5.29. The van der Waals surface area contributed by atoms with Gasteiger partial charge in [0.2, 0.25) is 0 Å². The Hall–Kier alpha value is -3.92. The zero-order valence-electron chi connectivity index (χ0n) is 26.9. The van der Waals surface area contributed by atoms with Gasteiger partial charge in [-0.3, -0.25) is 0 Å². The van der Waals surface area contributed by atoms with Crippen LogP contribution in [0.3, 0.4) is 0 Å². The van der Waals surface area contributed by atoms with Gasteiger partial charge in [-0.1, -0.05) is 87.9 Å². The van der Waals surface area contributed by atoms with Gasteiger partial charge in [0.05, 0.1) is 28.4 Å². The van der Waals surface area contributed by atoms with Gasteiger partial charge < -0.3 is 18.9 Å². The number of ether oxygens (including phenoxy) is 4. The molecular formula is C37H50O4. The van der Waals surface area contributed by atoms with Gasteiger partial charge in [-0.2, -0.15) is 0 Å². The molecule has 0 heterocycles. The molecular weight excluding hydrogens is 508 g/mol. The normalized spacial score (nSPS) is 9.78. The van der Waals surface area contributed by atoms with Crippen molar-refractivity contribution in [1.29, 1.82) is 0 Å². The lowest BCUT2D eigenvalue weighted by Gasteiger charge is -2.11. The van der Waals surface area contributed by atoms with E-state index in [9.17, 15) is 0 Å². The molecule has 0 aliphatic carbocycles. The third-order valence-electron chi connectivity index (χ3n) is 6.35. The largest absolute Gasteiger partial charge is 0.497 e. The molecule has 222 valence electrons. The third kappa shape index (κ3) is 13.3. The lowest BCUT2D eigenvalue weighted by molar-refractivity contribution is 0.407. The van der Waals surface area contributed by atoms with E-state index in [2.05, 4.69) is 84.9 Å². The lowest BCUT2D eigenvalue weighted by Crippen LogP contribution is -1.94. The molecule has 0 fully saturated rings. The molecule has 0 unspecified atom stereocenters. The van der Waals surface area contributed by atoms with Gasteiger partial charge in [0.1, 0.15) is 23.0 Å². The van der Waals surface area contributed by atoms with E-state index in [1.54, 1.807) is 28.4 Å². The first kappa shape index (κ1) is 35.1. The molecule has 0 N–H and O–H groups in total. The Labute approximate surface area is 249 Å². The summed E-state index contributed by atoms with van der Waals surface area (Å²) >= 11 is 0. The molecule has 0 aliphatic heterocycles. The zero-order chi connectivity index (χ0) is 30.8. The molecule has 4 aromatic rings. The van der Waals surface area contributed by atoms with Crippen molar-refractivity contribution in [3.8, 4) is 23.0 Å². The van der Waals surface area contributed by atoms with E-state index in [-0.39, 0.29) is 0 Å². The zero-order valence-corrected chi connectivity index (χ0v) is 26.9. The average molecular weight is 559 g/mol. The minimum Gasteiger partial charge on any atom is -0.497 e. The molecule has 0 saturated carbocycles. The minimum absolute atomic E-state index is 0.528. The van der Waals surface area contributed by atoms with Crippen LogP contribution in [0.25, 0.3) is 0 Å². The van der Waals surface area contributed by atoms with Gasteiger partial charge in [-0.05, 0) is 91.3 Å². The van der Waals surface area contributed by atoms with Crippen LogP contribution in [-0.4, -0.2) is 28.4 Å². The standard InChI is InChI=1S/2C11H16O.C8H10O.C7H8O/c1-8(2)10-6-5-9(3)11(7-10)12-4;1-8(2)10-6-5-9(3)7-11(10)12-4;1-7-3-5-8(9-2)6-4-7;1-8-7-5-3-2-4-6-7/h2*5-8H,1-4H3;3-6H,1-2H3;2-6H,1H3. The molecule has 0 bridgehead atoms. The fourth-order valence-corrected chi connectivity index (χ4v) is 3.72. The second-order valence-corrected chi connectivity index (χ2v) is 10.3. The fourth-order valence-electron chi connectivity index (χ4n) is 3.72. The Balaban J connectivity index is 0.000000277. The van der Waals surface area contributed by atoms with Gasteiger partial charge >= 0.3 is 0 Å². The van der Waals surface area contributed by atoms with Crippen molar-refractivity contribution in [3.63, 3.8) is 0 Å². The van der Waals surface area contributed by atoms with E-state index in [0.717, 1.165) is 23.0 Å². The number of aryl methyl sites for hydroxylation is 3. The van der Waals surface area contributed by atoms with Crippen LogP contribution in [0.5, 0.6) is 23.0 Å². The van der Waals surface area contributed by atoms with E-state index >= 15 is 0 Å². The van der Waals surface area contributed by atoms with Crippen LogP contribution in [0.2, 0.25) is 0 Å². The molecule has 4 rings (SSSR count). The number of para-hydroxylation sites is 1. The van der Waals surface area contributed by atoms with E-state index < -0.39 is 0 Å². The van der Waals surface area contributed by atoms with Crippen molar-refractivity contribution in [2.75, 3.05) is 28.4 Å². The van der Waals surface area contributed by atoms with Crippen molar-refractivity contribution in [3.05, 3.63) is 119 Å². The van der Waals surface area contributed by atoms with Crippen molar-refractivity contribution in [1.82, 2.24) is 0 Å². The lowest BCUT2D eigenvalue weighted by atomic mass is 10.0. The molecule has 0 aliphatic rings. The molecule has 4 heteroatoms. The number of rotatable bonds is 6. The summed E-state index contributed by atoms with van der Waals surface area (Å²) in [6, 6.07) is 30.4. The van der Waals surface area contributed by atoms with Gasteiger partial charge in [0, 0.05) is 0 Å². The van der Waals surface area contributed by atoms with Gasteiger partial charge in [-0.25, -0.2) is 0 Å². The molecule has 0 saturated heterocycles. The Morgan fingerprint density at radius 1 is 0.463 bits per heavy atom. The highest BCUT2D eigenvalue weighted by atomic mass is 16.5. The fraction of sp³-hybridized carbons (Fsp3) is 0.351. The topological polar surface area (TPSA) is 36.9 Å². The van der Waals surface area contributed by atoms with E-state index in [1.807, 2.05) is 54.6 Å². The van der Waals surface area contributed by atoms with E-state index in [1.165, 1.54) is 27.8 Å². The first-order valence-corrected chi connectivity index (χ1v) is 14.0. The van der Waals surface area contributed by atoms with Crippen molar-refractivity contribution in [2.45, 2.75) is 60.3 Å². The predicted octanol–water partition coefficient (Wildman–Crippen LogP) is 9.95. The summed E-state index contributed by atoms with van der Waals surface area (Å²) in [4.78, 5) is 0. The van der Waals surface area contributed by atoms with Crippen LogP contribution < -0.4 is 18.9 Å². The Kier molecular flexibility index (Phi) is 16.4. The van der Waals surface area contributed by atoms with Crippen molar-refractivity contribution >= 4 is 0 Å². The van der Waals surface area contributed by atoms with Crippen molar-refractivity contribution < 1.29 is 18.9 Å². The van der Waals surface area contributed by atoms with Crippen LogP contribution in [0.4, 0.5) is 0 Å². The second kappa shape index (κ2) is 19.2. The Bertz CT molecular complexity index is 1250. The van der Waals surface area contributed by atoms with Crippen LogP contribution in [0, 0.1) is 20.8 Å². The van der Waals surface area contributed by atoms with E-state index in [4.69, 9.17) is 18.9 Å². The predicted molar refractivity (Wildman–Crippen MR) is 174 cm³/mol. The van der Waals surface area contributed by atoms with Gasteiger partial charge in [-0.15, -0.1) is 0 Å². The molecule has 4 aromatic carbocycles. The second-order valence-electron chi connectivity index (χ2n) is 10.3. The van der Waals surface area contributed by atoms with Crippen LogP contribution in [-0.2, 0) is 0 Å². The number of hydrogen-bond acceptors (Lipinski definition) is 4. The highest BCUT2D eigenvalue weighted by molar-refractivity contribution is 5.39. The number of methoxy groups -OCH3 is 4. The summed E-state index contributed by atoms with van der Waals surface area (Å²) in [6.45, 7) is 14.9. The summed E-state index contributed by atoms with van der Waals surface area (Å²) in [5.74, 6) is 4.92. The van der Waals surface area contributed by atoms with E-state index in [0.29, 0.717) is 11.8 Å². The Morgan fingerprint density at radius 3 is 1.46 bits per heavy atom. The maximum atomic E-state index is 5.29. The number of benzene rings is 4. The summed E-state index contributed by atoms with van der Waals surface area (Å²) in [5.41, 5.74) is 6.31. The summed E-state index contributed by atoms with van der Waals surface area (Å²) in [7, 11) is 6.77. The first-order chi connectivity index (χ1) is 19.6. The summed E-state index contributed by atoms with van der Waals surface area (Å²) < 4.78 is 20.4. The highest BCUT2D eigenvalue weighted by Gasteiger charge is 2.06. The minimum atomic E-state index is 0.528. The smallest absolute Gasteiger partial charge is 0.122 e. The molecule has 0 radical (unpaired) electrons. The Morgan fingerprint density at radius 2 is 1.00 bits per heavy atom. The van der Waals surface area contributed by atoms with Gasteiger partial charge in [0.25, 0.3) is 0 Å². The molecule has 0 atom stereocenters. The van der Waals surface area contributed by atoms with Gasteiger partial charge in [0.15, 0.2) is 0 Å². The monoisotopic (exact) mass is 558 g/mol. The van der Waals surface area contributed by atoms with Crippen LogP contribution in [0.1, 0.15) is 67.3 Å². The maximum Gasteiger partial charge on any atom is 0.122 e. The first-order valence-electron chi connectivity index (χ1n) is 14.0. The molecule has 0 amide bonds. The van der Waals surface area contributed by atoms with Crippen LogP contribution >= 0.6 is 0 Å². The van der Waals surface area contributed by atoms with Crippen LogP contribution in [0.15, 0.2) is 91.0 Å². The highest BCUT2D eigenvalue weighted by Crippen LogP contribution is 2.27. The SMILES string of the molecule is COc1cc(C(C)C)ccc1C.COc1cc(C)ccc1C(C)C.COc1ccc(C)cc1.COc1ccccc1. The third-order valence-corrected chi connectivity index (χ3v) is 6.35. The summed E-state index contributed by atoms with van der Waals surface area (Å²) in [6.07, 6.45) is 0.